The van der Waals surface area contributed by atoms with Crippen LogP contribution in [0.2, 0.25) is 0 Å². The number of halogens is 1. The molecular formula is C21H21FN2O2. The van der Waals surface area contributed by atoms with Crippen LogP contribution in [0.3, 0.4) is 0 Å². The van der Waals surface area contributed by atoms with E-state index in [0.29, 0.717) is 23.1 Å². The van der Waals surface area contributed by atoms with Crippen LogP contribution in [0.25, 0.3) is 0 Å². The van der Waals surface area contributed by atoms with Gasteiger partial charge < -0.3 is 9.64 Å². The number of hydrogen-bond acceptors (Lipinski definition) is 3. The van der Waals surface area contributed by atoms with Gasteiger partial charge in [0.1, 0.15) is 17.3 Å². The van der Waals surface area contributed by atoms with Gasteiger partial charge in [-0.05, 0) is 68.1 Å². The second-order valence-corrected chi connectivity index (χ2v) is 7.61. The van der Waals surface area contributed by atoms with Crippen molar-refractivity contribution in [2.24, 2.45) is 4.99 Å². The van der Waals surface area contributed by atoms with Crippen molar-refractivity contribution in [2.75, 3.05) is 12.0 Å². The molecule has 26 heavy (non-hydrogen) atoms. The summed E-state index contributed by atoms with van der Waals surface area (Å²) < 4.78 is 18.7. The Kier molecular flexibility index (Phi) is 3.65. The number of benzene rings is 2. The first-order valence-electron chi connectivity index (χ1n) is 8.73. The number of methoxy groups -OCH3 is 1. The van der Waals surface area contributed by atoms with E-state index in [-0.39, 0.29) is 17.3 Å². The van der Waals surface area contributed by atoms with Crippen LogP contribution >= 0.6 is 0 Å². The molecule has 0 spiro atoms. The van der Waals surface area contributed by atoms with Gasteiger partial charge in [0, 0.05) is 11.1 Å². The average molecular weight is 352 g/mol. The third kappa shape index (κ3) is 2.42. The lowest BCUT2D eigenvalue weighted by atomic mass is 9.80. The summed E-state index contributed by atoms with van der Waals surface area (Å²) in [5.74, 6) is 0.580. The molecule has 4 rings (SSSR count). The van der Waals surface area contributed by atoms with Crippen LogP contribution in [0.4, 0.5) is 15.8 Å². The highest BCUT2D eigenvalue weighted by atomic mass is 19.1. The molecule has 1 atom stereocenters. The smallest absolute Gasteiger partial charge is 0.278 e. The zero-order valence-corrected chi connectivity index (χ0v) is 15.3. The summed E-state index contributed by atoms with van der Waals surface area (Å²) in [6.45, 7) is 6.34. The second kappa shape index (κ2) is 5.66. The first kappa shape index (κ1) is 16.8. The van der Waals surface area contributed by atoms with E-state index in [2.05, 4.69) is 25.8 Å². The number of amides is 1. The number of ether oxygens (including phenoxy) is 1. The SMILES string of the molecule is COc1cc2c3c(c1)C(C)CC(C)(C)N3C(=O)C2=Nc1ccc(F)cc1. The minimum Gasteiger partial charge on any atom is -0.497 e. The molecule has 134 valence electrons. The fraction of sp³-hybridized carbons (Fsp3) is 0.333. The highest BCUT2D eigenvalue weighted by Gasteiger charge is 2.48. The van der Waals surface area contributed by atoms with E-state index in [1.807, 2.05) is 17.0 Å². The van der Waals surface area contributed by atoms with Gasteiger partial charge in [-0.25, -0.2) is 9.38 Å². The number of carbonyl (C=O) groups excluding carboxylic acids is 1. The first-order valence-corrected chi connectivity index (χ1v) is 8.73. The summed E-state index contributed by atoms with van der Waals surface area (Å²) in [4.78, 5) is 19.7. The van der Waals surface area contributed by atoms with E-state index >= 15 is 0 Å². The molecule has 0 bridgehead atoms. The van der Waals surface area contributed by atoms with Crippen LogP contribution in [0.15, 0.2) is 41.4 Å². The lowest BCUT2D eigenvalue weighted by Crippen LogP contribution is -2.50. The lowest BCUT2D eigenvalue weighted by Gasteiger charge is -2.43. The van der Waals surface area contributed by atoms with Gasteiger partial charge in [-0.3, -0.25) is 4.79 Å². The number of nitrogens with zero attached hydrogens (tertiary/aromatic N) is 2. The largest absolute Gasteiger partial charge is 0.497 e. The highest BCUT2D eigenvalue weighted by molar-refractivity contribution is 6.55. The minimum absolute atomic E-state index is 0.115. The summed E-state index contributed by atoms with van der Waals surface area (Å²) in [6, 6.07) is 9.73. The molecule has 0 aromatic heterocycles. The van der Waals surface area contributed by atoms with Crippen LogP contribution < -0.4 is 9.64 Å². The molecule has 0 saturated heterocycles. The summed E-state index contributed by atoms with van der Waals surface area (Å²) in [7, 11) is 1.62. The number of anilines is 1. The Bertz CT molecular complexity index is 932. The highest BCUT2D eigenvalue weighted by Crippen LogP contribution is 2.50. The van der Waals surface area contributed by atoms with Gasteiger partial charge in [-0.15, -0.1) is 0 Å². The zero-order chi connectivity index (χ0) is 18.6. The van der Waals surface area contributed by atoms with Crippen molar-refractivity contribution < 1.29 is 13.9 Å². The maximum atomic E-state index is 13.3. The van der Waals surface area contributed by atoms with Crippen LogP contribution in [-0.2, 0) is 4.79 Å². The normalized spacial score (nSPS) is 21.9. The van der Waals surface area contributed by atoms with Crippen LogP contribution in [-0.4, -0.2) is 24.3 Å². The van der Waals surface area contributed by atoms with Crippen LogP contribution in [0.1, 0.15) is 44.2 Å². The average Bonchev–Trinajstić information content (AvgIpc) is 2.87. The maximum absolute atomic E-state index is 13.3. The quantitative estimate of drug-likeness (QED) is 0.793. The Hall–Kier alpha value is -2.69. The molecule has 5 heteroatoms. The van der Waals surface area contributed by atoms with Gasteiger partial charge in [0.2, 0.25) is 0 Å². The predicted molar refractivity (Wildman–Crippen MR) is 100 cm³/mol. The molecule has 2 aromatic rings. The summed E-state index contributed by atoms with van der Waals surface area (Å²) in [6.07, 6.45) is 0.863. The standard InChI is InChI=1S/C21H21FN2O2/c1-12-11-21(2,3)24-19-16(12)9-15(26-4)10-17(19)18(20(24)25)23-14-7-5-13(22)6-8-14/h5-10,12H,11H2,1-4H3. The molecule has 1 amide bonds. The lowest BCUT2D eigenvalue weighted by molar-refractivity contribution is -0.113. The van der Waals surface area contributed by atoms with E-state index in [1.54, 1.807) is 19.2 Å². The molecule has 1 unspecified atom stereocenters. The van der Waals surface area contributed by atoms with Gasteiger partial charge in [0.15, 0.2) is 0 Å². The van der Waals surface area contributed by atoms with Gasteiger partial charge >= 0.3 is 0 Å². The van der Waals surface area contributed by atoms with Crippen molar-refractivity contribution in [3.63, 3.8) is 0 Å². The zero-order valence-electron chi connectivity index (χ0n) is 15.3. The van der Waals surface area contributed by atoms with Crippen molar-refractivity contribution in [3.05, 3.63) is 53.3 Å². The minimum atomic E-state index is -0.328. The van der Waals surface area contributed by atoms with Gasteiger partial charge in [0.05, 0.1) is 18.5 Å². The molecule has 0 fully saturated rings. The summed E-state index contributed by atoms with van der Waals surface area (Å²) in [5, 5.41) is 0. The van der Waals surface area contributed by atoms with E-state index in [9.17, 15) is 9.18 Å². The molecule has 4 nitrogen and oxygen atoms in total. The first-order chi connectivity index (χ1) is 12.3. The van der Waals surface area contributed by atoms with Crippen molar-refractivity contribution in [1.82, 2.24) is 0 Å². The van der Waals surface area contributed by atoms with Crippen molar-refractivity contribution >= 4 is 23.0 Å². The van der Waals surface area contributed by atoms with Gasteiger partial charge in [0.25, 0.3) is 5.91 Å². The fourth-order valence-corrected chi connectivity index (χ4v) is 4.16. The molecule has 2 aromatic carbocycles. The van der Waals surface area contributed by atoms with Gasteiger partial charge in [-0.1, -0.05) is 6.92 Å². The maximum Gasteiger partial charge on any atom is 0.278 e. The van der Waals surface area contributed by atoms with E-state index in [1.165, 1.54) is 12.1 Å². The Labute approximate surface area is 152 Å². The number of rotatable bonds is 2. The molecule has 2 aliphatic rings. The predicted octanol–water partition coefficient (Wildman–Crippen LogP) is 4.59. The molecule has 0 saturated carbocycles. The Morgan fingerprint density at radius 2 is 1.92 bits per heavy atom. The Morgan fingerprint density at radius 1 is 1.23 bits per heavy atom. The fourth-order valence-electron chi connectivity index (χ4n) is 4.16. The topological polar surface area (TPSA) is 41.9 Å². The molecular weight excluding hydrogens is 331 g/mol. The molecule has 0 aliphatic carbocycles. The summed E-state index contributed by atoms with van der Waals surface area (Å²) >= 11 is 0. The van der Waals surface area contributed by atoms with E-state index in [4.69, 9.17) is 4.74 Å². The third-order valence-electron chi connectivity index (χ3n) is 5.24. The van der Waals surface area contributed by atoms with E-state index < -0.39 is 0 Å². The van der Waals surface area contributed by atoms with Crippen molar-refractivity contribution in [1.29, 1.82) is 0 Å². The molecule has 2 heterocycles. The number of aliphatic imine (C=N–C) groups is 1. The Balaban J connectivity index is 1.96. The summed E-state index contributed by atoms with van der Waals surface area (Å²) in [5.41, 5.74) is 3.46. The monoisotopic (exact) mass is 352 g/mol. The van der Waals surface area contributed by atoms with Crippen LogP contribution in [0, 0.1) is 5.82 Å². The van der Waals surface area contributed by atoms with Crippen molar-refractivity contribution in [2.45, 2.75) is 38.6 Å². The third-order valence-corrected chi connectivity index (χ3v) is 5.24. The number of hydrogen-bond donors (Lipinski definition) is 0. The Morgan fingerprint density at radius 3 is 2.58 bits per heavy atom. The number of carbonyl (C=O) groups is 1. The second-order valence-electron chi connectivity index (χ2n) is 7.61. The van der Waals surface area contributed by atoms with Gasteiger partial charge in [-0.2, -0.15) is 0 Å². The van der Waals surface area contributed by atoms with E-state index in [0.717, 1.165) is 23.2 Å². The van der Waals surface area contributed by atoms with Crippen molar-refractivity contribution in [3.8, 4) is 5.75 Å². The molecule has 2 aliphatic heterocycles. The van der Waals surface area contributed by atoms with Crippen LogP contribution in [0.5, 0.6) is 5.75 Å². The molecule has 0 N–H and O–H groups in total. The molecule has 0 radical (unpaired) electrons.